The maximum atomic E-state index is 12.5. The molecule has 1 aliphatic heterocycles. The molecule has 1 saturated heterocycles. The number of nitrogens with zero attached hydrogens (tertiary/aromatic N) is 2. The minimum Gasteiger partial charge on any atom is -0.320 e. The summed E-state index contributed by atoms with van der Waals surface area (Å²) in [4.78, 5) is 16.7. The number of nitrogens with one attached hydrogen (secondary N) is 1. The van der Waals surface area contributed by atoms with Crippen molar-refractivity contribution in [1.82, 2.24) is 15.1 Å². The van der Waals surface area contributed by atoms with Crippen LogP contribution in [0.5, 0.6) is 0 Å². The zero-order chi connectivity index (χ0) is 14.7. The van der Waals surface area contributed by atoms with Crippen LogP contribution in [0.25, 0.3) is 0 Å². The largest absolute Gasteiger partial charge is 0.320 e. The average molecular weight is 295 g/mol. The summed E-state index contributed by atoms with van der Waals surface area (Å²) in [5.74, 6) is 0.237. The van der Waals surface area contributed by atoms with E-state index in [1.165, 1.54) is 5.56 Å². The summed E-state index contributed by atoms with van der Waals surface area (Å²) in [6.45, 7) is 8.09. The van der Waals surface area contributed by atoms with E-state index in [1.54, 1.807) is 11.3 Å². The third-order valence-corrected chi connectivity index (χ3v) is 4.80. The van der Waals surface area contributed by atoms with E-state index < -0.39 is 0 Å². The lowest BCUT2D eigenvalue weighted by atomic mass is 10.2. The van der Waals surface area contributed by atoms with Crippen LogP contribution in [0.3, 0.4) is 0 Å². The fourth-order valence-electron chi connectivity index (χ4n) is 2.44. The maximum absolute atomic E-state index is 12.5. The fourth-order valence-corrected chi connectivity index (χ4v) is 3.12. The van der Waals surface area contributed by atoms with Crippen molar-refractivity contribution in [1.29, 1.82) is 0 Å². The van der Waals surface area contributed by atoms with Crippen LogP contribution >= 0.6 is 11.3 Å². The van der Waals surface area contributed by atoms with Crippen molar-refractivity contribution >= 4 is 17.2 Å². The summed E-state index contributed by atoms with van der Waals surface area (Å²) in [6.07, 6.45) is 0.884. The lowest BCUT2D eigenvalue weighted by Crippen LogP contribution is -2.39. The molecule has 4 nitrogen and oxygen atoms in total. The Kier molecular flexibility index (Phi) is 5.18. The van der Waals surface area contributed by atoms with Gasteiger partial charge in [0.2, 0.25) is 5.91 Å². The minimum absolute atomic E-state index is 0.0377. The molecule has 20 heavy (non-hydrogen) atoms. The Morgan fingerprint density at radius 2 is 2.25 bits per heavy atom. The molecule has 1 aliphatic rings. The first kappa shape index (κ1) is 15.5. The molecule has 2 heterocycles. The third kappa shape index (κ3) is 3.22. The molecule has 1 amide bonds. The van der Waals surface area contributed by atoms with Gasteiger partial charge in [0.1, 0.15) is 6.17 Å². The number of amides is 1. The van der Waals surface area contributed by atoms with Gasteiger partial charge >= 0.3 is 0 Å². The highest BCUT2D eigenvalue weighted by molar-refractivity contribution is 7.07. The zero-order valence-corrected chi connectivity index (χ0v) is 13.6. The van der Waals surface area contributed by atoms with E-state index in [1.807, 2.05) is 4.90 Å². The van der Waals surface area contributed by atoms with Gasteiger partial charge in [0.05, 0.1) is 6.04 Å². The van der Waals surface area contributed by atoms with Crippen molar-refractivity contribution < 1.29 is 4.79 Å². The number of carbonyl (C=O) groups is 1. The Balaban J connectivity index is 2.07. The first-order valence-electron chi connectivity index (χ1n) is 7.33. The second kappa shape index (κ2) is 6.70. The van der Waals surface area contributed by atoms with Crippen LogP contribution in [0.1, 0.15) is 38.9 Å². The highest BCUT2D eigenvalue weighted by atomic mass is 32.1. The molecule has 0 bridgehead atoms. The third-order valence-electron chi connectivity index (χ3n) is 4.09. The SMILES string of the molecule is CCC1NC(c2ccsc2)N(CCN(C)C(C)C)C1=O. The Hall–Kier alpha value is -0.910. The van der Waals surface area contributed by atoms with Crippen LogP contribution in [0.2, 0.25) is 0 Å². The highest BCUT2D eigenvalue weighted by Gasteiger charge is 2.38. The molecule has 0 aromatic carbocycles. The smallest absolute Gasteiger partial charge is 0.241 e. The van der Waals surface area contributed by atoms with Crippen LogP contribution in [0, 0.1) is 0 Å². The van der Waals surface area contributed by atoms with Crippen molar-refractivity contribution in [2.24, 2.45) is 0 Å². The van der Waals surface area contributed by atoms with Gasteiger partial charge in [-0.3, -0.25) is 10.1 Å². The van der Waals surface area contributed by atoms with Crippen LogP contribution in [-0.4, -0.2) is 47.9 Å². The number of hydrogen-bond donors (Lipinski definition) is 1. The standard InChI is InChI=1S/C15H25N3OS/c1-5-13-15(19)18(8-7-17(4)11(2)3)14(16-13)12-6-9-20-10-12/h6,9-11,13-14,16H,5,7-8H2,1-4H3. The van der Waals surface area contributed by atoms with Gasteiger partial charge in [-0.15, -0.1) is 0 Å². The predicted molar refractivity (Wildman–Crippen MR) is 83.8 cm³/mol. The van der Waals surface area contributed by atoms with Gasteiger partial charge in [0.25, 0.3) is 0 Å². The molecule has 1 aromatic rings. The molecule has 0 spiro atoms. The number of thiophene rings is 1. The van der Waals surface area contributed by atoms with Gasteiger partial charge < -0.3 is 9.80 Å². The molecule has 0 radical (unpaired) electrons. The van der Waals surface area contributed by atoms with Gasteiger partial charge in [-0.1, -0.05) is 6.92 Å². The molecule has 112 valence electrons. The molecular formula is C15H25N3OS. The number of rotatable bonds is 6. The second-order valence-corrected chi connectivity index (χ2v) is 6.47. The monoisotopic (exact) mass is 295 g/mol. The summed E-state index contributed by atoms with van der Waals surface area (Å²) >= 11 is 1.68. The van der Waals surface area contributed by atoms with Crippen LogP contribution in [0.4, 0.5) is 0 Å². The number of likely N-dealkylation sites (N-methyl/N-ethyl adjacent to an activating group) is 1. The molecule has 1 N–H and O–H groups in total. The molecule has 5 heteroatoms. The van der Waals surface area contributed by atoms with E-state index >= 15 is 0 Å². The van der Waals surface area contributed by atoms with Crippen LogP contribution < -0.4 is 5.32 Å². The molecule has 0 saturated carbocycles. The van der Waals surface area contributed by atoms with Gasteiger partial charge in [0.15, 0.2) is 0 Å². The topological polar surface area (TPSA) is 35.6 Å². The molecular weight excluding hydrogens is 270 g/mol. The quantitative estimate of drug-likeness (QED) is 0.875. The Morgan fingerprint density at radius 1 is 1.50 bits per heavy atom. The number of hydrogen-bond acceptors (Lipinski definition) is 4. The normalized spacial score (nSPS) is 23.3. The highest BCUT2D eigenvalue weighted by Crippen LogP contribution is 2.27. The van der Waals surface area contributed by atoms with Crippen molar-refractivity contribution in [3.05, 3.63) is 22.4 Å². The fraction of sp³-hybridized carbons (Fsp3) is 0.667. The lowest BCUT2D eigenvalue weighted by molar-refractivity contribution is -0.130. The Bertz CT molecular complexity index is 432. The summed E-state index contributed by atoms with van der Waals surface area (Å²) in [7, 11) is 2.11. The average Bonchev–Trinajstić information content (AvgIpc) is 3.03. The van der Waals surface area contributed by atoms with E-state index in [-0.39, 0.29) is 18.1 Å². The number of carbonyl (C=O) groups excluding carboxylic acids is 1. The predicted octanol–water partition coefficient (Wildman–Crippen LogP) is 2.30. The molecule has 2 unspecified atom stereocenters. The molecule has 2 rings (SSSR count). The van der Waals surface area contributed by atoms with E-state index in [4.69, 9.17) is 0 Å². The Labute approximate surface area is 125 Å². The van der Waals surface area contributed by atoms with Gasteiger partial charge in [-0.2, -0.15) is 11.3 Å². The lowest BCUT2D eigenvalue weighted by Gasteiger charge is -2.28. The van der Waals surface area contributed by atoms with E-state index in [0.29, 0.717) is 6.04 Å². The maximum Gasteiger partial charge on any atom is 0.241 e. The summed E-state index contributed by atoms with van der Waals surface area (Å²) in [5, 5.41) is 7.66. The first-order valence-corrected chi connectivity index (χ1v) is 8.27. The molecule has 2 atom stereocenters. The molecule has 1 aromatic heterocycles. The van der Waals surface area contributed by atoms with Gasteiger partial charge in [-0.25, -0.2) is 0 Å². The summed E-state index contributed by atoms with van der Waals surface area (Å²) in [6, 6.07) is 2.57. The van der Waals surface area contributed by atoms with Crippen LogP contribution in [0.15, 0.2) is 16.8 Å². The van der Waals surface area contributed by atoms with Crippen molar-refractivity contribution in [2.75, 3.05) is 20.1 Å². The zero-order valence-electron chi connectivity index (χ0n) is 12.8. The van der Waals surface area contributed by atoms with Crippen molar-refractivity contribution in [3.63, 3.8) is 0 Å². The Morgan fingerprint density at radius 3 is 2.80 bits per heavy atom. The summed E-state index contributed by atoms with van der Waals surface area (Å²) < 4.78 is 0. The van der Waals surface area contributed by atoms with Gasteiger partial charge in [-0.05, 0) is 49.7 Å². The summed E-state index contributed by atoms with van der Waals surface area (Å²) in [5.41, 5.74) is 1.20. The first-order chi connectivity index (χ1) is 9.54. The minimum atomic E-state index is -0.0377. The van der Waals surface area contributed by atoms with Crippen molar-refractivity contribution in [3.8, 4) is 0 Å². The van der Waals surface area contributed by atoms with E-state index in [2.05, 4.69) is 54.9 Å². The second-order valence-electron chi connectivity index (χ2n) is 5.69. The molecule has 1 fully saturated rings. The van der Waals surface area contributed by atoms with Gasteiger partial charge in [0, 0.05) is 19.1 Å². The van der Waals surface area contributed by atoms with Crippen LogP contribution in [-0.2, 0) is 4.79 Å². The van der Waals surface area contributed by atoms with E-state index in [0.717, 1.165) is 19.5 Å². The van der Waals surface area contributed by atoms with Crippen molar-refractivity contribution in [2.45, 2.75) is 45.4 Å². The molecule has 0 aliphatic carbocycles. The van der Waals surface area contributed by atoms with E-state index in [9.17, 15) is 4.79 Å².